The number of nitrogens with one attached hydrogen (secondary N) is 1. The maximum absolute atomic E-state index is 12.8. The number of halogens is 1. The van der Waals surface area contributed by atoms with Crippen molar-refractivity contribution in [2.75, 3.05) is 0 Å². The number of nitrogens with zero attached hydrogens (tertiary/aromatic N) is 3. The molecule has 1 heterocycles. The first-order valence-electron chi connectivity index (χ1n) is 8.01. The fourth-order valence-electron chi connectivity index (χ4n) is 2.21. The van der Waals surface area contributed by atoms with E-state index in [2.05, 4.69) is 20.5 Å². The third kappa shape index (κ3) is 4.18. The fraction of sp³-hybridized carbons (Fsp3) is 0.158. The van der Waals surface area contributed by atoms with E-state index in [1.807, 2.05) is 24.3 Å². The van der Waals surface area contributed by atoms with Gasteiger partial charge in [-0.3, -0.25) is 4.79 Å². The fourth-order valence-corrected chi connectivity index (χ4v) is 2.21. The van der Waals surface area contributed by atoms with E-state index in [4.69, 9.17) is 4.74 Å². The summed E-state index contributed by atoms with van der Waals surface area (Å²) < 4.78 is 18.5. The van der Waals surface area contributed by atoms with E-state index in [1.54, 1.807) is 26.0 Å². The molecule has 0 fully saturated rings. The molecular weight excluding hydrogens is 335 g/mol. The number of carbonyl (C=O) groups excluding carboxylic acids is 1. The van der Waals surface area contributed by atoms with Crippen molar-refractivity contribution in [1.29, 1.82) is 0 Å². The molecule has 0 saturated heterocycles. The molecule has 26 heavy (non-hydrogen) atoms. The molecule has 2 aromatic carbocycles. The zero-order valence-electron chi connectivity index (χ0n) is 14.3. The molecule has 0 spiro atoms. The first kappa shape index (κ1) is 17.5. The largest absolute Gasteiger partial charge is 0.463 e. The van der Waals surface area contributed by atoms with Crippen LogP contribution in [0.4, 0.5) is 4.39 Å². The minimum Gasteiger partial charge on any atom is -0.463 e. The van der Waals surface area contributed by atoms with Crippen LogP contribution in [0.1, 0.15) is 18.2 Å². The van der Waals surface area contributed by atoms with Gasteiger partial charge in [-0.05, 0) is 43.7 Å². The second-order valence-corrected chi connectivity index (χ2v) is 5.65. The van der Waals surface area contributed by atoms with Gasteiger partial charge in [0.2, 0.25) is 5.88 Å². The van der Waals surface area contributed by atoms with Crippen LogP contribution in [0, 0.1) is 12.7 Å². The molecule has 1 amide bonds. The first-order valence-corrected chi connectivity index (χ1v) is 8.01. The van der Waals surface area contributed by atoms with Crippen LogP contribution in [-0.2, 0) is 4.79 Å². The van der Waals surface area contributed by atoms with Gasteiger partial charge in [0, 0.05) is 0 Å². The Labute approximate surface area is 149 Å². The standard InChI is InChI=1S/C19H17FN4O2/c1-12-19(23-17-6-4-3-5-16(17)22-12)26-13(2)18(25)24-21-11-14-7-9-15(20)10-8-14/h3-11,13H,1-2H3,(H,24,25). The van der Waals surface area contributed by atoms with Gasteiger partial charge in [0.25, 0.3) is 5.91 Å². The Kier molecular flexibility index (Phi) is 5.17. The number of carbonyl (C=O) groups is 1. The van der Waals surface area contributed by atoms with Crippen LogP contribution in [-0.4, -0.2) is 28.2 Å². The molecule has 0 aliphatic carbocycles. The number of benzene rings is 2. The number of hydrazone groups is 1. The summed E-state index contributed by atoms with van der Waals surface area (Å²) in [7, 11) is 0. The van der Waals surface area contributed by atoms with E-state index in [-0.39, 0.29) is 5.82 Å². The van der Waals surface area contributed by atoms with Gasteiger partial charge in [0.05, 0.1) is 17.2 Å². The van der Waals surface area contributed by atoms with Gasteiger partial charge >= 0.3 is 0 Å². The molecule has 0 aliphatic rings. The Bertz CT molecular complexity index is 957. The van der Waals surface area contributed by atoms with Crippen molar-refractivity contribution in [3.05, 3.63) is 65.6 Å². The number of ether oxygens (including phenoxy) is 1. The van der Waals surface area contributed by atoms with E-state index in [0.29, 0.717) is 22.7 Å². The number of hydrogen-bond donors (Lipinski definition) is 1. The molecular formula is C19H17FN4O2. The van der Waals surface area contributed by atoms with Crippen LogP contribution in [0.25, 0.3) is 11.0 Å². The molecule has 0 radical (unpaired) electrons. The van der Waals surface area contributed by atoms with Crippen molar-refractivity contribution in [1.82, 2.24) is 15.4 Å². The van der Waals surface area contributed by atoms with E-state index in [9.17, 15) is 9.18 Å². The third-order valence-corrected chi connectivity index (χ3v) is 3.62. The van der Waals surface area contributed by atoms with Gasteiger partial charge in [-0.15, -0.1) is 0 Å². The van der Waals surface area contributed by atoms with Gasteiger partial charge < -0.3 is 4.74 Å². The summed E-state index contributed by atoms with van der Waals surface area (Å²) in [5, 5.41) is 3.84. The highest BCUT2D eigenvalue weighted by Gasteiger charge is 2.17. The maximum atomic E-state index is 12.8. The van der Waals surface area contributed by atoms with Crippen molar-refractivity contribution in [2.24, 2.45) is 5.10 Å². The Morgan fingerprint density at radius 2 is 1.81 bits per heavy atom. The predicted molar refractivity (Wildman–Crippen MR) is 96.5 cm³/mol. The monoisotopic (exact) mass is 352 g/mol. The summed E-state index contributed by atoms with van der Waals surface area (Å²) >= 11 is 0. The van der Waals surface area contributed by atoms with Gasteiger partial charge in [-0.1, -0.05) is 24.3 Å². The van der Waals surface area contributed by atoms with E-state index in [0.717, 1.165) is 5.52 Å². The molecule has 3 rings (SSSR count). The van der Waals surface area contributed by atoms with E-state index in [1.165, 1.54) is 18.3 Å². The van der Waals surface area contributed by atoms with E-state index < -0.39 is 12.0 Å². The number of fused-ring (bicyclic) bond motifs is 1. The van der Waals surface area contributed by atoms with Crippen molar-refractivity contribution in [3.8, 4) is 5.88 Å². The average Bonchev–Trinajstić information content (AvgIpc) is 2.63. The van der Waals surface area contributed by atoms with E-state index >= 15 is 0 Å². The number of para-hydroxylation sites is 2. The predicted octanol–water partition coefficient (Wildman–Crippen LogP) is 2.99. The molecule has 7 heteroatoms. The quantitative estimate of drug-likeness (QED) is 0.566. The molecule has 3 aromatic rings. The maximum Gasteiger partial charge on any atom is 0.280 e. The van der Waals surface area contributed by atoms with Gasteiger partial charge in [0.15, 0.2) is 6.10 Å². The average molecular weight is 352 g/mol. The van der Waals surface area contributed by atoms with Crippen LogP contribution >= 0.6 is 0 Å². The number of amides is 1. The number of rotatable bonds is 5. The van der Waals surface area contributed by atoms with Gasteiger partial charge in [0.1, 0.15) is 11.5 Å². The first-order chi connectivity index (χ1) is 12.5. The van der Waals surface area contributed by atoms with Crippen LogP contribution in [0.3, 0.4) is 0 Å². The molecule has 0 bridgehead atoms. The van der Waals surface area contributed by atoms with Gasteiger partial charge in [-0.25, -0.2) is 19.8 Å². The highest BCUT2D eigenvalue weighted by Crippen LogP contribution is 2.19. The SMILES string of the molecule is Cc1nc2ccccc2nc1OC(C)C(=O)NN=Cc1ccc(F)cc1. The number of aryl methyl sites for hydroxylation is 1. The Morgan fingerprint density at radius 3 is 2.50 bits per heavy atom. The second kappa shape index (κ2) is 7.69. The second-order valence-electron chi connectivity index (χ2n) is 5.65. The third-order valence-electron chi connectivity index (χ3n) is 3.62. The van der Waals surface area contributed by atoms with Gasteiger partial charge in [-0.2, -0.15) is 5.10 Å². The van der Waals surface area contributed by atoms with Crippen molar-refractivity contribution in [2.45, 2.75) is 20.0 Å². The van der Waals surface area contributed by atoms with Crippen molar-refractivity contribution >= 4 is 23.2 Å². The Balaban J connectivity index is 1.63. The summed E-state index contributed by atoms with van der Waals surface area (Å²) in [6.07, 6.45) is 0.611. The summed E-state index contributed by atoms with van der Waals surface area (Å²) in [5.74, 6) is -0.466. The summed E-state index contributed by atoms with van der Waals surface area (Å²) in [6.45, 7) is 3.37. The Morgan fingerprint density at radius 1 is 1.15 bits per heavy atom. The summed E-state index contributed by atoms with van der Waals surface area (Å²) in [5.41, 5.74) is 5.10. The lowest BCUT2D eigenvalue weighted by Crippen LogP contribution is -2.33. The topological polar surface area (TPSA) is 76.5 Å². The number of hydrogen-bond acceptors (Lipinski definition) is 5. The summed E-state index contributed by atoms with van der Waals surface area (Å²) in [4.78, 5) is 20.9. The molecule has 1 unspecified atom stereocenters. The molecule has 1 aromatic heterocycles. The minimum absolute atomic E-state index is 0.300. The lowest BCUT2D eigenvalue weighted by molar-refractivity contribution is -0.127. The highest BCUT2D eigenvalue weighted by molar-refractivity contribution is 5.84. The van der Waals surface area contributed by atoms with Crippen molar-refractivity contribution in [3.63, 3.8) is 0 Å². The van der Waals surface area contributed by atoms with Crippen LogP contribution in [0.2, 0.25) is 0 Å². The zero-order valence-corrected chi connectivity index (χ0v) is 14.3. The molecule has 1 N–H and O–H groups in total. The molecule has 0 aliphatic heterocycles. The Hall–Kier alpha value is -3.35. The lowest BCUT2D eigenvalue weighted by atomic mass is 10.2. The smallest absolute Gasteiger partial charge is 0.280 e. The van der Waals surface area contributed by atoms with Crippen molar-refractivity contribution < 1.29 is 13.9 Å². The lowest BCUT2D eigenvalue weighted by Gasteiger charge is -2.14. The van der Waals surface area contributed by atoms with Crippen LogP contribution in [0.15, 0.2) is 53.6 Å². The molecule has 132 valence electrons. The minimum atomic E-state index is -0.811. The molecule has 0 saturated carbocycles. The summed E-state index contributed by atoms with van der Waals surface area (Å²) in [6, 6.07) is 13.2. The zero-order chi connectivity index (χ0) is 18.5. The van der Waals surface area contributed by atoms with Crippen LogP contribution < -0.4 is 10.2 Å². The number of aromatic nitrogens is 2. The molecule has 1 atom stereocenters. The highest BCUT2D eigenvalue weighted by atomic mass is 19.1. The van der Waals surface area contributed by atoms with Crippen LogP contribution in [0.5, 0.6) is 5.88 Å². The normalized spacial score (nSPS) is 12.3. The molecule has 6 nitrogen and oxygen atoms in total.